The third-order valence-corrected chi connectivity index (χ3v) is 2.98. The Morgan fingerprint density at radius 2 is 2.25 bits per heavy atom. The van der Waals surface area contributed by atoms with Gasteiger partial charge in [-0.05, 0) is 40.2 Å². The van der Waals surface area contributed by atoms with Gasteiger partial charge in [0.1, 0.15) is 5.82 Å². The maximum Gasteiger partial charge on any atom is 0.137 e. The number of rotatable bonds is 5. The number of hydrogen-bond donors (Lipinski definition) is 0. The topological polar surface area (TPSA) is 27.0 Å². The lowest BCUT2D eigenvalue weighted by Crippen LogP contribution is -2.23. The third-order valence-electron chi connectivity index (χ3n) is 2.38. The number of benzene rings is 1. The average Bonchev–Trinajstić information content (AvgIpc) is 2.29. The van der Waals surface area contributed by atoms with Crippen LogP contribution in [0.1, 0.15) is 18.9 Å². The van der Waals surface area contributed by atoms with Crippen LogP contribution in [-0.2, 0) is 6.54 Å². The first-order valence-corrected chi connectivity index (χ1v) is 6.00. The number of nitrogens with zero attached hydrogens (tertiary/aromatic N) is 2. The van der Waals surface area contributed by atoms with Gasteiger partial charge in [0.15, 0.2) is 0 Å². The van der Waals surface area contributed by atoms with Crippen molar-refractivity contribution in [3.8, 4) is 6.07 Å². The number of halogens is 2. The van der Waals surface area contributed by atoms with Gasteiger partial charge in [-0.2, -0.15) is 5.26 Å². The highest BCUT2D eigenvalue weighted by molar-refractivity contribution is 9.10. The van der Waals surface area contributed by atoms with Crippen molar-refractivity contribution in [2.45, 2.75) is 19.9 Å². The molecule has 2 nitrogen and oxygen atoms in total. The fourth-order valence-electron chi connectivity index (χ4n) is 1.45. The quantitative estimate of drug-likeness (QED) is 0.829. The lowest BCUT2D eigenvalue weighted by atomic mass is 10.2. The molecule has 0 aliphatic rings. The van der Waals surface area contributed by atoms with Crippen LogP contribution in [0.25, 0.3) is 0 Å². The van der Waals surface area contributed by atoms with Crippen LogP contribution in [0.2, 0.25) is 0 Å². The highest BCUT2D eigenvalue weighted by Crippen LogP contribution is 2.17. The van der Waals surface area contributed by atoms with Crippen LogP contribution in [0.3, 0.4) is 0 Å². The fraction of sp³-hybridized carbons (Fsp3) is 0.417. The van der Waals surface area contributed by atoms with E-state index < -0.39 is 0 Å². The van der Waals surface area contributed by atoms with Crippen molar-refractivity contribution in [3.63, 3.8) is 0 Å². The standard InChI is InChI=1S/C12H14BrFN2/c1-2-16(7-3-6-15)9-10-4-5-12(14)11(13)8-10/h4-5,8H,2-3,7,9H2,1H3. The third kappa shape index (κ3) is 3.92. The normalized spacial score (nSPS) is 10.4. The van der Waals surface area contributed by atoms with Gasteiger partial charge in [0.2, 0.25) is 0 Å². The Morgan fingerprint density at radius 1 is 1.50 bits per heavy atom. The van der Waals surface area contributed by atoms with E-state index in [-0.39, 0.29) is 5.82 Å². The maximum atomic E-state index is 13.0. The highest BCUT2D eigenvalue weighted by atomic mass is 79.9. The SMILES string of the molecule is CCN(CCC#N)Cc1ccc(F)c(Br)c1. The van der Waals surface area contributed by atoms with Crippen molar-refractivity contribution in [2.24, 2.45) is 0 Å². The molecular weight excluding hydrogens is 271 g/mol. The van der Waals surface area contributed by atoms with Crippen molar-refractivity contribution < 1.29 is 4.39 Å². The van der Waals surface area contributed by atoms with Gasteiger partial charge in [-0.1, -0.05) is 13.0 Å². The van der Waals surface area contributed by atoms with Gasteiger partial charge in [0.05, 0.1) is 10.5 Å². The number of nitriles is 1. The molecule has 86 valence electrons. The lowest BCUT2D eigenvalue weighted by Gasteiger charge is -2.19. The second-order valence-electron chi connectivity index (χ2n) is 3.53. The molecule has 1 aromatic carbocycles. The van der Waals surface area contributed by atoms with Crippen molar-refractivity contribution in [3.05, 3.63) is 34.1 Å². The minimum Gasteiger partial charge on any atom is -0.298 e. The summed E-state index contributed by atoms with van der Waals surface area (Å²) in [5, 5.41) is 8.52. The van der Waals surface area contributed by atoms with E-state index in [1.54, 1.807) is 12.1 Å². The molecule has 1 rings (SSSR count). The molecule has 0 saturated heterocycles. The molecule has 0 amide bonds. The first kappa shape index (κ1) is 13.1. The summed E-state index contributed by atoms with van der Waals surface area (Å²) in [6, 6.07) is 7.14. The van der Waals surface area contributed by atoms with Crippen LogP contribution in [-0.4, -0.2) is 18.0 Å². The van der Waals surface area contributed by atoms with Gasteiger partial charge in [-0.3, -0.25) is 4.90 Å². The maximum absolute atomic E-state index is 13.0. The molecule has 0 atom stereocenters. The highest BCUT2D eigenvalue weighted by Gasteiger charge is 2.05. The van der Waals surface area contributed by atoms with E-state index in [1.807, 2.05) is 0 Å². The molecular formula is C12H14BrFN2. The summed E-state index contributed by atoms with van der Waals surface area (Å²) in [6.07, 6.45) is 0.524. The van der Waals surface area contributed by atoms with Gasteiger partial charge in [-0.15, -0.1) is 0 Å². The van der Waals surface area contributed by atoms with E-state index in [0.29, 0.717) is 10.9 Å². The van der Waals surface area contributed by atoms with E-state index in [0.717, 1.165) is 25.2 Å². The van der Waals surface area contributed by atoms with Gasteiger partial charge in [0, 0.05) is 19.5 Å². The Balaban J connectivity index is 2.63. The van der Waals surface area contributed by atoms with Gasteiger partial charge in [-0.25, -0.2) is 4.39 Å². The summed E-state index contributed by atoms with van der Waals surface area (Å²) in [4.78, 5) is 2.16. The van der Waals surface area contributed by atoms with Crippen molar-refractivity contribution in [1.82, 2.24) is 4.90 Å². The molecule has 0 bridgehead atoms. The van der Waals surface area contributed by atoms with Crippen LogP contribution < -0.4 is 0 Å². The molecule has 16 heavy (non-hydrogen) atoms. The molecule has 0 fully saturated rings. The smallest absolute Gasteiger partial charge is 0.137 e. The van der Waals surface area contributed by atoms with Crippen LogP contribution in [0, 0.1) is 17.1 Å². The lowest BCUT2D eigenvalue weighted by molar-refractivity contribution is 0.286. The predicted molar refractivity (Wildman–Crippen MR) is 65.3 cm³/mol. The predicted octanol–water partition coefficient (Wildman–Crippen LogP) is 3.32. The van der Waals surface area contributed by atoms with Crippen molar-refractivity contribution in [1.29, 1.82) is 5.26 Å². The van der Waals surface area contributed by atoms with Crippen LogP contribution in [0.5, 0.6) is 0 Å². The zero-order chi connectivity index (χ0) is 12.0. The molecule has 1 aromatic rings. The first-order valence-electron chi connectivity index (χ1n) is 5.20. The minimum atomic E-state index is -0.246. The van der Waals surface area contributed by atoms with E-state index in [1.165, 1.54) is 6.07 Å². The molecule has 0 saturated carbocycles. The molecule has 0 unspecified atom stereocenters. The first-order chi connectivity index (χ1) is 7.67. The fourth-order valence-corrected chi connectivity index (χ4v) is 1.88. The number of hydrogen-bond acceptors (Lipinski definition) is 2. The average molecular weight is 285 g/mol. The summed E-state index contributed by atoms with van der Waals surface area (Å²) in [5.41, 5.74) is 1.05. The minimum absolute atomic E-state index is 0.246. The summed E-state index contributed by atoms with van der Waals surface area (Å²) in [7, 11) is 0. The monoisotopic (exact) mass is 284 g/mol. The second kappa shape index (κ2) is 6.62. The summed E-state index contributed by atoms with van der Waals surface area (Å²) < 4.78 is 13.5. The second-order valence-corrected chi connectivity index (χ2v) is 4.38. The molecule has 0 heterocycles. The van der Waals surface area contributed by atoms with Crippen LogP contribution in [0.15, 0.2) is 22.7 Å². The van der Waals surface area contributed by atoms with Gasteiger partial charge < -0.3 is 0 Å². The van der Waals surface area contributed by atoms with E-state index >= 15 is 0 Å². The molecule has 0 aliphatic heterocycles. The van der Waals surface area contributed by atoms with Crippen LogP contribution in [0.4, 0.5) is 4.39 Å². The zero-order valence-electron chi connectivity index (χ0n) is 9.21. The van der Waals surface area contributed by atoms with Crippen LogP contribution >= 0.6 is 15.9 Å². The molecule has 0 aromatic heterocycles. The Labute approximate surface area is 104 Å². The zero-order valence-corrected chi connectivity index (χ0v) is 10.8. The Morgan fingerprint density at radius 3 is 2.81 bits per heavy atom. The summed E-state index contributed by atoms with van der Waals surface area (Å²) >= 11 is 3.16. The summed E-state index contributed by atoms with van der Waals surface area (Å²) in [6.45, 7) is 4.44. The largest absolute Gasteiger partial charge is 0.298 e. The molecule has 0 N–H and O–H groups in total. The Hall–Kier alpha value is -0.920. The van der Waals surface area contributed by atoms with Crippen molar-refractivity contribution in [2.75, 3.05) is 13.1 Å². The summed E-state index contributed by atoms with van der Waals surface area (Å²) in [5.74, 6) is -0.246. The Bertz CT molecular complexity index is 387. The van der Waals surface area contributed by atoms with Crippen molar-refractivity contribution >= 4 is 15.9 Å². The molecule has 4 heteroatoms. The molecule has 0 spiro atoms. The van der Waals surface area contributed by atoms with E-state index in [9.17, 15) is 4.39 Å². The van der Waals surface area contributed by atoms with Gasteiger partial charge in [0.25, 0.3) is 0 Å². The molecule has 0 aliphatic carbocycles. The Kier molecular flexibility index (Phi) is 5.44. The van der Waals surface area contributed by atoms with Gasteiger partial charge >= 0.3 is 0 Å². The molecule has 0 radical (unpaired) electrons. The van der Waals surface area contributed by atoms with E-state index in [2.05, 4.69) is 33.8 Å². The van der Waals surface area contributed by atoms with E-state index in [4.69, 9.17) is 5.26 Å².